The molecule has 3 rings (SSSR count). The van der Waals surface area contributed by atoms with E-state index in [1.54, 1.807) is 0 Å². The van der Waals surface area contributed by atoms with E-state index in [4.69, 9.17) is 4.74 Å². The third kappa shape index (κ3) is 2.43. The fourth-order valence-electron chi connectivity index (χ4n) is 4.55. The van der Waals surface area contributed by atoms with Gasteiger partial charge in [0, 0.05) is 13.0 Å². The lowest BCUT2D eigenvalue weighted by atomic mass is 9.70. The van der Waals surface area contributed by atoms with Crippen molar-refractivity contribution in [2.75, 3.05) is 6.61 Å². The van der Waals surface area contributed by atoms with Crippen LogP contribution in [0, 0.1) is 16.7 Å². The molecule has 4 atom stereocenters. The third-order valence-corrected chi connectivity index (χ3v) is 6.61. The van der Waals surface area contributed by atoms with Crippen molar-refractivity contribution in [2.45, 2.75) is 58.7 Å². The lowest BCUT2D eigenvalue weighted by Gasteiger charge is -2.39. The minimum Gasteiger partial charge on any atom is -0.388 e. The van der Waals surface area contributed by atoms with E-state index in [9.17, 15) is 5.11 Å². The zero-order chi connectivity index (χ0) is 15.1. The summed E-state index contributed by atoms with van der Waals surface area (Å²) in [7, 11) is 0. The predicted octanol–water partition coefficient (Wildman–Crippen LogP) is 4.34. The molecule has 2 nitrogen and oxygen atoms in total. The predicted molar refractivity (Wildman–Crippen MR) is 85.0 cm³/mol. The number of benzene rings is 1. The van der Waals surface area contributed by atoms with Crippen LogP contribution >= 0.6 is 0 Å². The highest BCUT2D eigenvalue weighted by atomic mass is 16.5. The number of aliphatic hydroxyl groups is 1. The molecule has 0 aliphatic heterocycles. The minimum atomic E-state index is -0.411. The van der Waals surface area contributed by atoms with E-state index in [2.05, 4.69) is 20.8 Å². The van der Waals surface area contributed by atoms with Gasteiger partial charge in [0.25, 0.3) is 0 Å². The molecule has 2 bridgehead atoms. The van der Waals surface area contributed by atoms with Gasteiger partial charge in [0.05, 0.1) is 12.2 Å². The van der Waals surface area contributed by atoms with Crippen molar-refractivity contribution in [3.8, 4) is 0 Å². The van der Waals surface area contributed by atoms with Crippen LogP contribution in [0.2, 0.25) is 0 Å². The molecule has 1 N–H and O–H groups in total. The molecule has 2 heteroatoms. The summed E-state index contributed by atoms with van der Waals surface area (Å²) in [6.45, 7) is 7.87. The van der Waals surface area contributed by atoms with Crippen LogP contribution in [-0.2, 0) is 4.74 Å². The molecule has 4 unspecified atom stereocenters. The second-order valence-electron chi connectivity index (χ2n) is 7.69. The van der Waals surface area contributed by atoms with Crippen LogP contribution in [0.5, 0.6) is 0 Å². The average Bonchev–Trinajstić information content (AvgIpc) is 2.81. The SMILES string of the molecule is CC1(C)C2CCC1(C)C(OCCC(O)c1ccccc1)C2. The monoisotopic (exact) mass is 288 g/mol. The summed E-state index contributed by atoms with van der Waals surface area (Å²) in [5.74, 6) is 0.812. The summed E-state index contributed by atoms with van der Waals surface area (Å²) in [5.41, 5.74) is 1.70. The number of hydrogen-bond donors (Lipinski definition) is 1. The topological polar surface area (TPSA) is 29.5 Å². The number of fused-ring (bicyclic) bond motifs is 2. The van der Waals surface area contributed by atoms with Gasteiger partial charge >= 0.3 is 0 Å². The smallest absolute Gasteiger partial charge is 0.0812 e. The van der Waals surface area contributed by atoms with Gasteiger partial charge in [0.2, 0.25) is 0 Å². The van der Waals surface area contributed by atoms with Gasteiger partial charge in [-0.05, 0) is 41.6 Å². The maximum absolute atomic E-state index is 10.2. The third-order valence-electron chi connectivity index (χ3n) is 6.61. The van der Waals surface area contributed by atoms with Crippen molar-refractivity contribution in [2.24, 2.45) is 16.7 Å². The van der Waals surface area contributed by atoms with Crippen LogP contribution in [0.25, 0.3) is 0 Å². The van der Waals surface area contributed by atoms with Gasteiger partial charge in [0.1, 0.15) is 0 Å². The summed E-state index contributed by atoms with van der Waals surface area (Å²) in [6.07, 6.45) is 4.49. The van der Waals surface area contributed by atoms with Crippen LogP contribution in [0.1, 0.15) is 58.1 Å². The van der Waals surface area contributed by atoms with Crippen LogP contribution in [0.3, 0.4) is 0 Å². The largest absolute Gasteiger partial charge is 0.388 e. The molecule has 0 saturated heterocycles. The molecule has 0 radical (unpaired) electrons. The Morgan fingerprint density at radius 3 is 2.52 bits per heavy atom. The summed E-state index contributed by atoms with van der Waals surface area (Å²) in [6, 6.07) is 9.88. The standard InChI is InChI=1S/C19H28O2/c1-18(2)15-9-11-19(18,3)17(13-15)21-12-10-16(20)14-7-5-4-6-8-14/h4-8,15-17,20H,9-13H2,1-3H3. The van der Waals surface area contributed by atoms with E-state index < -0.39 is 6.10 Å². The second-order valence-corrected chi connectivity index (χ2v) is 7.69. The highest BCUT2D eigenvalue weighted by molar-refractivity contribution is 5.17. The molecular formula is C19H28O2. The van der Waals surface area contributed by atoms with Gasteiger partial charge in [-0.2, -0.15) is 0 Å². The zero-order valence-electron chi connectivity index (χ0n) is 13.5. The molecule has 2 aliphatic rings. The molecular weight excluding hydrogens is 260 g/mol. The lowest BCUT2D eigenvalue weighted by molar-refractivity contribution is -0.0549. The quantitative estimate of drug-likeness (QED) is 0.873. The Morgan fingerprint density at radius 2 is 1.95 bits per heavy atom. The molecule has 21 heavy (non-hydrogen) atoms. The van der Waals surface area contributed by atoms with Crippen LogP contribution < -0.4 is 0 Å². The lowest BCUT2D eigenvalue weighted by Crippen LogP contribution is -2.37. The van der Waals surface area contributed by atoms with Gasteiger partial charge in [-0.1, -0.05) is 51.1 Å². The molecule has 0 aromatic heterocycles. The molecule has 116 valence electrons. The van der Waals surface area contributed by atoms with Crippen molar-refractivity contribution in [3.63, 3.8) is 0 Å². The Kier molecular flexibility index (Phi) is 3.87. The highest BCUT2D eigenvalue weighted by Crippen LogP contribution is 2.66. The Morgan fingerprint density at radius 1 is 1.24 bits per heavy atom. The first kappa shape index (κ1) is 15.1. The number of hydrogen-bond acceptors (Lipinski definition) is 2. The van der Waals surface area contributed by atoms with Crippen molar-refractivity contribution >= 4 is 0 Å². The Hall–Kier alpha value is -0.860. The van der Waals surface area contributed by atoms with Gasteiger partial charge in [0.15, 0.2) is 0 Å². The first-order valence-corrected chi connectivity index (χ1v) is 8.30. The molecule has 0 spiro atoms. The van der Waals surface area contributed by atoms with E-state index in [1.807, 2.05) is 30.3 Å². The van der Waals surface area contributed by atoms with Crippen LogP contribution in [0.15, 0.2) is 30.3 Å². The van der Waals surface area contributed by atoms with Crippen LogP contribution in [0.4, 0.5) is 0 Å². The van der Waals surface area contributed by atoms with Crippen LogP contribution in [-0.4, -0.2) is 17.8 Å². The van der Waals surface area contributed by atoms with E-state index in [1.165, 1.54) is 19.3 Å². The van der Waals surface area contributed by atoms with E-state index >= 15 is 0 Å². The molecule has 2 saturated carbocycles. The summed E-state index contributed by atoms with van der Waals surface area (Å²) >= 11 is 0. The van der Waals surface area contributed by atoms with E-state index in [0.29, 0.717) is 30.0 Å². The molecule has 0 heterocycles. The maximum atomic E-state index is 10.2. The summed E-state index contributed by atoms with van der Waals surface area (Å²) in [5, 5.41) is 10.2. The molecule has 0 amide bonds. The van der Waals surface area contributed by atoms with Crippen molar-refractivity contribution < 1.29 is 9.84 Å². The average molecular weight is 288 g/mol. The zero-order valence-corrected chi connectivity index (χ0v) is 13.5. The number of aliphatic hydroxyl groups excluding tert-OH is 1. The van der Waals surface area contributed by atoms with Crippen molar-refractivity contribution in [3.05, 3.63) is 35.9 Å². The number of ether oxygens (including phenoxy) is 1. The Labute approximate surface area is 128 Å². The Bertz CT molecular complexity index is 482. The van der Waals surface area contributed by atoms with E-state index in [0.717, 1.165) is 11.5 Å². The molecule has 1 aromatic carbocycles. The Balaban J connectivity index is 1.53. The summed E-state index contributed by atoms with van der Waals surface area (Å²) in [4.78, 5) is 0. The minimum absolute atomic E-state index is 0.315. The second kappa shape index (κ2) is 5.40. The van der Waals surface area contributed by atoms with E-state index in [-0.39, 0.29) is 0 Å². The van der Waals surface area contributed by atoms with Gasteiger partial charge in [-0.15, -0.1) is 0 Å². The highest BCUT2D eigenvalue weighted by Gasteiger charge is 2.61. The molecule has 1 aromatic rings. The molecule has 2 fully saturated rings. The number of rotatable bonds is 5. The fraction of sp³-hybridized carbons (Fsp3) is 0.684. The fourth-order valence-corrected chi connectivity index (χ4v) is 4.55. The van der Waals surface area contributed by atoms with Crippen molar-refractivity contribution in [1.82, 2.24) is 0 Å². The first-order valence-electron chi connectivity index (χ1n) is 8.30. The normalized spacial score (nSPS) is 35.0. The van der Waals surface area contributed by atoms with Gasteiger partial charge in [-0.3, -0.25) is 0 Å². The summed E-state index contributed by atoms with van der Waals surface area (Å²) < 4.78 is 6.21. The molecule has 2 aliphatic carbocycles. The van der Waals surface area contributed by atoms with Crippen molar-refractivity contribution in [1.29, 1.82) is 0 Å². The first-order chi connectivity index (χ1) is 9.95. The van der Waals surface area contributed by atoms with Gasteiger partial charge < -0.3 is 9.84 Å². The van der Waals surface area contributed by atoms with Gasteiger partial charge in [-0.25, -0.2) is 0 Å². The maximum Gasteiger partial charge on any atom is 0.0812 e.